The zero-order valence-electron chi connectivity index (χ0n) is 15.3. The van der Waals surface area contributed by atoms with E-state index < -0.39 is 15.8 Å². The van der Waals surface area contributed by atoms with Crippen molar-refractivity contribution in [2.45, 2.75) is 24.3 Å². The number of sulfonamides is 1. The summed E-state index contributed by atoms with van der Waals surface area (Å²) in [4.78, 5) is 12.4. The summed E-state index contributed by atoms with van der Waals surface area (Å²) in [6.07, 6.45) is 0.964. The Balaban J connectivity index is 0.00000280. The average Bonchev–Trinajstić information content (AvgIpc) is 2.65. The number of carbonyl (C=O) groups is 1. The van der Waals surface area contributed by atoms with Crippen LogP contribution >= 0.6 is 12.4 Å². The molecule has 0 spiro atoms. The predicted molar refractivity (Wildman–Crippen MR) is 109 cm³/mol. The first-order valence-corrected chi connectivity index (χ1v) is 10.2. The number of anilines is 1. The number of hydrogen-bond donors (Lipinski definition) is 3. The van der Waals surface area contributed by atoms with E-state index in [1.54, 1.807) is 6.07 Å². The Bertz CT molecular complexity index is 940. The van der Waals surface area contributed by atoms with E-state index in [1.165, 1.54) is 42.5 Å². The molecular formula is C19H23ClFN3O3S. The molecule has 1 amide bonds. The van der Waals surface area contributed by atoms with Gasteiger partial charge in [-0.05, 0) is 49.2 Å². The maximum atomic E-state index is 13.7. The Morgan fingerprint density at radius 3 is 2.64 bits per heavy atom. The van der Waals surface area contributed by atoms with Crippen LogP contribution in [0.4, 0.5) is 10.1 Å². The number of rotatable bonds is 5. The summed E-state index contributed by atoms with van der Waals surface area (Å²) >= 11 is 0. The Labute approximate surface area is 170 Å². The first kappa shape index (κ1) is 22.1. The predicted octanol–water partition coefficient (Wildman–Crippen LogP) is 2.78. The molecule has 0 aliphatic carbocycles. The van der Waals surface area contributed by atoms with E-state index in [-0.39, 0.29) is 40.5 Å². The molecule has 2 unspecified atom stereocenters. The second-order valence-electron chi connectivity index (χ2n) is 6.66. The Morgan fingerprint density at radius 2 is 1.93 bits per heavy atom. The van der Waals surface area contributed by atoms with Gasteiger partial charge in [0.25, 0.3) is 15.9 Å². The number of nitrogens with one attached hydrogen (secondary N) is 3. The summed E-state index contributed by atoms with van der Waals surface area (Å²) in [5.41, 5.74) is 0.0960. The molecule has 3 N–H and O–H groups in total. The molecule has 9 heteroatoms. The standard InChI is InChI=1S/C19H22FN3O3S.ClH/c1-13-9-10-21-12-18(13)22-19(24)14-5-4-6-15(11-14)27(25,26)23-17-8-3-2-7-16(17)20;/h2-8,11,13,18,21,23H,9-10,12H2,1H3,(H,22,24);1H. The lowest BCUT2D eigenvalue weighted by Crippen LogP contribution is -2.50. The van der Waals surface area contributed by atoms with E-state index in [1.807, 2.05) is 0 Å². The van der Waals surface area contributed by atoms with E-state index in [4.69, 9.17) is 0 Å². The fraction of sp³-hybridized carbons (Fsp3) is 0.316. The normalized spacial score (nSPS) is 19.4. The van der Waals surface area contributed by atoms with Crippen LogP contribution in [0.3, 0.4) is 0 Å². The van der Waals surface area contributed by atoms with Crippen LogP contribution in [0.5, 0.6) is 0 Å². The first-order valence-electron chi connectivity index (χ1n) is 8.76. The Morgan fingerprint density at radius 1 is 1.18 bits per heavy atom. The van der Waals surface area contributed by atoms with Crippen LogP contribution in [0.2, 0.25) is 0 Å². The van der Waals surface area contributed by atoms with Gasteiger partial charge >= 0.3 is 0 Å². The third kappa shape index (κ3) is 5.21. The minimum Gasteiger partial charge on any atom is -0.348 e. The van der Waals surface area contributed by atoms with Crippen molar-refractivity contribution >= 4 is 34.0 Å². The van der Waals surface area contributed by atoms with Gasteiger partial charge in [-0.1, -0.05) is 25.1 Å². The van der Waals surface area contributed by atoms with Crippen molar-refractivity contribution in [3.8, 4) is 0 Å². The van der Waals surface area contributed by atoms with E-state index in [0.717, 1.165) is 13.0 Å². The lowest BCUT2D eigenvalue weighted by Gasteiger charge is -2.30. The van der Waals surface area contributed by atoms with Gasteiger partial charge in [0, 0.05) is 18.2 Å². The van der Waals surface area contributed by atoms with Gasteiger partial charge in [-0.3, -0.25) is 9.52 Å². The number of para-hydroxylation sites is 1. The van der Waals surface area contributed by atoms with Crippen LogP contribution in [0.1, 0.15) is 23.7 Å². The SMILES string of the molecule is CC1CCNCC1NC(=O)c1cccc(S(=O)(=O)Nc2ccccc2F)c1.Cl. The minimum absolute atomic E-state index is 0. The lowest BCUT2D eigenvalue weighted by atomic mass is 9.94. The molecule has 3 rings (SSSR count). The summed E-state index contributed by atoms with van der Waals surface area (Å²) in [7, 11) is -4.02. The van der Waals surface area contributed by atoms with E-state index in [9.17, 15) is 17.6 Å². The minimum atomic E-state index is -4.02. The highest BCUT2D eigenvalue weighted by Crippen LogP contribution is 2.20. The molecule has 0 bridgehead atoms. The topological polar surface area (TPSA) is 87.3 Å². The Hall–Kier alpha value is -2.16. The third-order valence-corrected chi connectivity index (χ3v) is 6.03. The second kappa shape index (κ2) is 9.36. The molecule has 0 radical (unpaired) electrons. The van der Waals surface area contributed by atoms with Crippen molar-refractivity contribution in [1.82, 2.24) is 10.6 Å². The molecule has 2 aromatic rings. The molecule has 28 heavy (non-hydrogen) atoms. The highest BCUT2D eigenvalue weighted by atomic mass is 35.5. The molecule has 1 aliphatic rings. The van der Waals surface area contributed by atoms with Gasteiger partial charge in [-0.25, -0.2) is 12.8 Å². The maximum Gasteiger partial charge on any atom is 0.262 e. The zero-order valence-corrected chi connectivity index (χ0v) is 16.9. The summed E-state index contributed by atoms with van der Waals surface area (Å²) in [5.74, 6) is -0.669. The molecule has 152 valence electrons. The van der Waals surface area contributed by atoms with Gasteiger partial charge in [-0.15, -0.1) is 12.4 Å². The highest BCUT2D eigenvalue weighted by Gasteiger charge is 2.24. The molecule has 1 saturated heterocycles. The van der Waals surface area contributed by atoms with Gasteiger partial charge in [0.05, 0.1) is 10.6 Å². The molecule has 1 aliphatic heterocycles. The van der Waals surface area contributed by atoms with Gasteiger partial charge < -0.3 is 10.6 Å². The Kier molecular flexibility index (Phi) is 7.40. The van der Waals surface area contributed by atoms with Gasteiger partial charge in [0.1, 0.15) is 5.82 Å². The van der Waals surface area contributed by atoms with Crippen molar-refractivity contribution in [3.05, 3.63) is 59.9 Å². The average molecular weight is 428 g/mol. The lowest BCUT2D eigenvalue weighted by molar-refractivity contribution is 0.0915. The van der Waals surface area contributed by atoms with Crippen molar-refractivity contribution in [2.24, 2.45) is 5.92 Å². The number of benzene rings is 2. The van der Waals surface area contributed by atoms with E-state index in [0.29, 0.717) is 12.5 Å². The molecular weight excluding hydrogens is 405 g/mol. The number of carbonyl (C=O) groups excluding carboxylic acids is 1. The fourth-order valence-electron chi connectivity index (χ4n) is 2.99. The molecule has 2 atom stereocenters. The molecule has 1 heterocycles. The van der Waals surface area contributed by atoms with Crippen LogP contribution in [0, 0.1) is 11.7 Å². The summed E-state index contributed by atoms with van der Waals surface area (Å²) in [6, 6.07) is 11.2. The largest absolute Gasteiger partial charge is 0.348 e. The van der Waals surface area contributed by atoms with Crippen LogP contribution in [-0.2, 0) is 10.0 Å². The van der Waals surface area contributed by atoms with Crippen LogP contribution in [0.25, 0.3) is 0 Å². The molecule has 1 fully saturated rings. The van der Waals surface area contributed by atoms with Crippen LogP contribution in [-0.4, -0.2) is 33.5 Å². The van der Waals surface area contributed by atoms with Crippen LogP contribution < -0.4 is 15.4 Å². The van der Waals surface area contributed by atoms with E-state index >= 15 is 0 Å². The third-order valence-electron chi connectivity index (χ3n) is 4.67. The monoisotopic (exact) mass is 427 g/mol. The molecule has 2 aromatic carbocycles. The quantitative estimate of drug-likeness (QED) is 0.684. The number of piperidine rings is 1. The number of amides is 1. The molecule has 0 saturated carbocycles. The number of halogens is 2. The van der Waals surface area contributed by atoms with Crippen molar-refractivity contribution < 1.29 is 17.6 Å². The van der Waals surface area contributed by atoms with Gasteiger partial charge in [0.15, 0.2) is 0 Å². The van der Waals surface area contributed by atoms with Gasteiger partial charge in [0.2, 0.25) is 0 Å². The van der Waals surface area contributed by atoms with Crippen molar-refractivity contribution in [1.29, 1.82) is 0 Å². The zero-order chi connectivity index (χ0) is 19.4. The first-order chi connectivity index (χ1) is 12.9. The fourth-order valence-corrected chi connectivity index (χ4v) is 4.10. The maximum absolute atomic E-state index is 13.7. The van der Waals surface area contributed by atoms with E-state index in [2.05, 4.69) is 22.3 Å². The summed E-state index contributed by atoms with van der Waals surface area (Å²) in [5, 5.41) is 6.18. The van der Waals surface area contributed by atoms with Crippen molar-refractivity contribution in [3.63, 3.8) is 0 Å². The van der Waals surface area contributed by atoms with Crippen LogP contribution in [0.15, 0.2) is 53.4 Å². The second-order valence-corrected chi connectivity index (χ2v) is 8.35. The van der Waals surface area contributed by atoms with Gasteiger partial charge in [-0.2, -0.15) is 0 Å². The summed E-state index contributed by atoms with van der Waals surface area (Å²) in [6.45, 7) is 3.67. The number of hydrogen-bond acceptors (Lipinski definition) is 4. The molecule has 6 nitrogen and oxygen atoms in total. The highest BCUT2D eigenvalue weighted by molar-refractivity contribution is 7.92. The molecule has 0 aromatic heterocycles. The van der Waals surface area contributed by atoms with Crippen molar-refractivity contribution in [2.75, 3.05) is 17.8 Å². The smallest absolute Gasteiger partial charge is 0.262 e. The summed E-state index contributed by atoms with van der Waals surface area (Å²) < 4.78 is 41.1.